The Morgan fingerprint density at radius 2 is 1.54 bits per heavy atom. The molecule has 1 unspecified atom stereocenters. The van der Waals surface area contributed by atoms with Gasteiger partial charge < -0.3 is 14.8 Å². The molecule has 1 atom stereocenters. The van der Waals surface area contributed by atoms with Crippen LogP contribution in [0.5, 0.6) is 17.2 Å². The van der Waals surface area contributed by atoms with Crippen LogP contribution in [-0.4, -0.2) is 46.7 Å². The highest BCUT2D eigenvalue weighted by Gasteiger charge is 2.46. The van der Waals surface area contributed by atoms with E-state index in [2.05, 4.69) is 5.32 Å². The first-order valence-corrected chi connectivity index (χ1v) is 12.4. The normalized spacial score (nSPS) is 14.0. The number of ether oxygens (including phenoxy) is 2. The minimum atomic E-state index is -0.894. The van der Waals surface area contributed by atoms with E-state index in [1.165, 1.54) is 37.4 Å². The molecule has 0 aliphatic carbocycles. The van der Waals surface area contributed by atoms with E-state index >= 15 is 0 Å². The summed E-state index contributed by atoms with van der Waals surface area (Å²) < 4.78 is 24.1. The number of imide groups is 2. The van der Waals surface area contributed by atoms with Gasteiger partial charge in [-0.3, -0.25) is 24.2 Å². The molecule has 0 saturated carbocycles. The minimum Gasteiger partial charge on any atom is -0.496 e. The van der Waals surface area contributed by atoms with Crippen LogP contribution in [0, 0.1) is 5.82 Å². The minimum absolute atomic E-state index is 0.157. The fourth-order valence-electron chi connectivity index (χ4n) is 4.04. The molecule has 1 N–H and O–H groups in total. The van der Waals surface area contributed by atoms with Gasteiger partial charge in [0, 0.05) is 12.6 Å². The molecule has 0 spiro atoms. The van der Waals surface area contributed by atoms with Crippen LogP contribution in [0.2, 0.25) is 0 Å². The molecule has 3 aromatic carbocycles. The van der Waals surface area contributed by atoms with Crippen molar-refractivity contribution in [1.29, 1.82) is 0 Å². The highest BCUT2D eigenvalue weighted by molar-refractivity contribution is 6.44. The predicted molar refractivity (Wildman–Crippen MR) is 140 cm³/mol. The van der Waals surface area contributed by atoms with Gasteiger partial charge in [0.05, 0.1) is 19.2 Å². The summed E-state index contributed by atoms with van der Waals surface area (Å²) in [4.78, 5) is 52.5. The molecule has 0 radical (unpaired) electrons. The first-order valence-electron chi connectivity index (χ1n) is 12.4. The van der Waals surface area contributed by atoms with Gasteiger partial charge >= 0.3 is 17.8 Å². The molecular formula is C29H28FN3O6. The van der Waals surface area contributed by atoms with Gasteiger partial charge in [-0.2, -0.15) is 0 Å². The molecule has 5 amide bonds. The Kier molecular flexibility index (Phi) is 8.24. The van der Waals surface area contributed by atoms with Crippen LogP contribution in [0.3, 0.4) is 0 Å². The number of hydrogen-bond acceptors (Lipinski definition) is 6. The van der Waals surface area contributed by atoms with Crippen LogP contribution in [0.4, 0.5) is 9.18 Å². The third-order valence-electron chi connectivity index (χ3n) is 6.39. The number of halogens is 1. The van der Waals surface area contributed by atoms with Crippen LogP contribution < -0.4 is 14.8 Å². The fraction of sp³-hybridized carbons (Fsp3) is 0.241. The first kappa shape index (κ1) is 27.3. The summed E-state index contributed by atoms with van der Waals surface area (Å²) in [5.74, 6) is -1.14. The lowest BCUT2D eigenvalue weighted by molar-refractivity contribution is -0.144. The fourth-order valence-corrected chi connectivity index (χ4v) is 4.04. The van der Waals surface area contributed by atoms with Gasteiger partial charge in [-0.15, -0.1) is 0 Å². The van der Waals surface area contributed by atoms with Gasteiger partial charge in [0.1, 0.15) is 23.1 Å². The number of rotatable bonds is 10. The number of carbonyl (C=O) groups is 4. The number of methoxy groups -OCH3 is 1. The quantitative estimate of drug-likeness (QED) is 0.301. The van der Waals surface area contributed by atoms with E-state index < -0.39 is 29.8 Å². The topological polar surface area (TPSA) is 105 Å². The number of benzene rings is 3. The Morgan fingerprint density at radius 1 is 0.923 bits per heavy atom. The third-order valence-corrected chi connectivity index (χ3v) is 6.39. The zero-order valence-electron chi connectivity index (χ0n) is 21.8. The second-order valence-electron chi connectivity index (χ2n) is 9.02. The monoisotopic (exact) mass is 533 g/mol. The second-order valence-corrected chi connectivity index (χ2v) is 9.02. The third kappa shape index (κ3) is 6.06. The largest absolute Gasteiger partial charge is 0.496 e. The Hall–Kier alpha value is -4.73. The van der Waals surface area contributed by atoms with E-state index in [1.807, 2.05) is 6.92 Å². The van der Waals surface area contributed by atoms with Crippen LogP contribution in [0.25, 0.3) is 0 Å². The van der Waals surface area contributed by atoms with E-state index in [1.54, 1.807) is 43.3 Å². The maximum Gasteiger partial charge on any atom is 0.334 e. The molecule has 4 rings (SSSR count). The van der Waals surface area contributed by atoms with Gasteiger partial charge in [0.2, 0.25) is 0 Å². The second kappa shape index (κ2) is 11.8. The van der Waals surface area contributed by atoms with Crippen LogP contribution >= 0.6 is 0 Å². The van der Waals surface area contributed by atoms with Crippen LogP contribution in [0.15, 0.2) is 66.7 Å². The molecule has 0 bridgehead atoms. The smallest absolute Gasteiger partial charge is 0.334 e. The molecule has 10 heteroatoms. The average Bonchev–Trinajstić information content (AvgIpc) is 3.16. The summed E-state index contributed by atoms with van der Waals surface area (Å²) in [6, 6.07) is 16.4. The standard InChI is InChI=1S/C29H28FN3O6/c1-4-18(2)33-28(36)27(35)32(29(33)37)17-20-7-14-25(38-3)24(15-20)26(34)31-16-19-5-10-22(11-6-19)39-23-12-8-21(30)9-13-23/h5-15,18H,4,16-17H2,1-3H3,(H,31,34). The lowest BCUT2D eigenvalue weighted by Gasteiger charge is -2.20. The van der Waals surface area contributed by atoms with Crippen LogP contribution in [0.1, 0.15) is 41.8 Å². The van der Waals surface area contributed by atoms with Gasteiger partial charge in [0.15, 0.2) is 0 Å². The molecule has 39 heavy (non-hydrogen) atoms. The first-order chi connectivity index (χ1) is 18.7. The molecule has 3 aromatic rings. The zero-order valence-corrected chi connectivity index (χ0v) is 21.8. The summed E-state index contributed by atoms with van der Waals surface area (Å²) in [6.07, 6.45) is 0.523. The zero-order chi connectivity index (χ0) is 28.1. The Labute approximate surface area is 225 Å². The molecule has 0 aromatic heterocycles. The molecule has 1 heterocycles. The summed E-state index contributed by atoms with van der Waals surface area (Å²) >= 11 is 0. The maximum atomic E-state index is 13.1. The SMILES string of the molecule is CCC(C)N1C(=O)C(=O)N(Cc2ccc(OC)c(C(=O)NCc3ccc(Oc4ccc(F)cc4)cc3)c2)C1=O. The molecule has 1 saturated heterocycles. The maximum absolute atomic E-state index is 13.1. The number of urea groups is 1. The van der Waals surface area contributed by atoms with Crippen molar-refractivity contribution in [3.63, 3.8) is 0 Å². The Morgan fingerprint density at radius 3 is 2.15 bits per heavy atom. The summed E-state index contributed by atoms with van der Waals surface area (Å²) in [6.45, 7) is 3.58. The van der Waals surface area contributed by atoms with E-state index in [0.717, 1.165) is 15.4 Å². The number of nitrogens with one attached hydrogen (secondary N) is 1. The molecule has 202 valence electrons. The van der Waals surface area contributed by atoms with Crippen LogP contribution in [-0.2, 0) is 22.7 Å². The van der Waals surface area contributed by atoms with E-state index in [-0.39, 0.29) is 24.5 Å². The number of carbonyl (C=O) groups excluding carboxylic acids is 4. The van der Waals surface area contributed by atoms with E-state index in [0.29, 0.717) is 29.2 Å². The molecule has 9 nitrogen and oxygen atoms in total. The van der Waals surface area contributed by atoms with Crippen molar-refractivity contribution in [3.05, 3.63) is 89.2 Å². The van der Waals surface area contributed by atoms with Gasteiger partial charge in [-0.05, 0) is 73.0 Å². The summed E-state index contributed by atoms with van der Waals surface area (Å²) in [5, 5.41) is 2.83. The lowest BCUT2D eigenvalue weighted by Crippen LogP contribution is -2.39. The molecule has 1 aliphatic heterocycles. The predicted octanol–water partition coefficient (Wildman–Crippen LogP) is 4.65. The summed E-state index contributed by atoms with van der Waals surface area (Å²) in [7, 11) is 1.43. The lowest BCUT2D eigenvalue weighted by atomic mass is 10.1. The van der Waals surface area contributed by atoms with Crippen molar-refractivity contribution < 1.29 is 33.0 Å². The van der Waals surface area contributed by atoms with E-state index in [4.69, 9.17) is 9.47 Å². The number of hydrogen-bond donors (Lipinski definition) is 1. The highest BCUT2D eigenvalue weighted by Crippen LogP contribution is 2.25. The number of amides is 5. The van der Waals surface area contributed by atoms with E-state index in [9.17, 15) is 23.6 Å². The van der Waals surface area contributed by atoms with Gasteiger partial charge in [-0.25, -0.2) is 9.18 Å². The number of nitrogens with zero attached hydrogens (tertiary/aromatic N) is 2. The van der Waals surface area contributed by atoms with Gasteiger partial charge in [0.25, 0.3) is 5.91 Å². The highest BCUT2D eigenvalue weighted by atomic mass is 19.1. The average molecular weight is 534 g/mol. The Bertz CT molecular complexity index is 1390. The van der Waals surface area contributed by atoms with Crippen molar-refractivity contribution in [1.82, 2.24) is 15.1 Å². The molecular weight excluding hydrogens is 505 g/mol. The molecule has 1 fully saturated rings. The van der Waals surface area contributed by atoms with Gasteiger partial charge in [-0.1, -0.05) is 25.1 Å². The van der Waals surface area contributed by atoms with Crippen molar-refractivity contribution in [2.24, 2.45) is 0 Å². The Balaban J connectivity index is 1.42. The molecule has 1 aliphatic rings. The summed E-state index contributed by atoms with van der Waals surface area (Å²) in [5.41, 5.74) is 1.51. The van der Waals surface area contributed by atoms with Crippen molar-refractivity contribution in [3.8, 4) is 17.2 Å². The van der Waals surface area contributed by atoms with Crippen molar-refractivity contribution in [2.75, 3.05) is 7.11 Å². The van der Waals surface area contributed by atoms with Crippen molar-refractivity contribution in [2.45, 2.75) is 39.4 Å². The van der Waals surface area contributed by atoms with Crippen molar-refractivity contribution >= 4 is 23.8 Å².